The van der Waals surface area contributed by atoms with Crippen molar-refractivity contribution in [3.05, 3.63) is 77.7 Å². The van der Waals surface area contributed by atoms with E-state index in [-0.39, 0.29) is 23.2 Å². The molecule has 8 heteroatoms. The fourth-order valence-corrected chi connectivity index (χ4v) is 3.07. The van der Waals surface area contributed by atoms with Crippen LogP contribution in [0.4, 0.5) is 4.39 Å². The lowest BCUT2D eigenvalue weighted by Crippen LogP contribution is -2.47. The summed E-state index contributed by atoms with van der Waals surface area (Å²) in [5.41, 5.74) is 6.32. The van der Waals surface area contributed by atoms with E-state index < -0.39 is 29.5 Å². The van der Waals surface area contributed by atoms with Crippen LogP contribution in [0.5, 0.6) is 0 Å². The zero-order valence-corrected chi connectivity index (χ0v) is 16.3. The summed E-state index contributed by atoms with van der Waals surface area (Å²) in [6, 6.07) is 13.7. The molecule has 1 heterocycles. The van der Waals surface area contributed by atoms with E-state index in [2.05, 4.69) is 10.4 Å². The van der Waals surface area contributed by atoms with E-state index in [9.17, 15) is 18.8 Å². The second kappa shape index (κ2) is 9.13. The molecule has 0 spiro atoms. The van der Waals surface area contributed by atoms with Gasteiger partial charge in [-0.2, -0.15) is 5.10 Å². The molecule has 0 saturated carbocycles. The van der Waals surface area contributed by atoms with Gasteiger partial charge in [0, 0.05) is 24.7 Å². The Morgan fingerprint density at radius 1 is 1.10 bits per heavy atom. The summed E-state index contributed by atoms with van der Waals surface area (Å²) in [5.74, 6) is -3.23. The van der Waals surface area contributed by atoms with Crippen LogP contribution in [0.15, 0.2) is 60.8 Å². The third kappa shape index (κ3) is 4.60. The lowest BCUT2D eigenvalue weighted by atomic mass is 10.0. The van der Waals surface area contributed by atoms with Gasteiger partial charge in [-0.1, -0.05) is 42.5 Å². The van der Waals surface area contributed by atoms with Crippen molar-refractivity contribution in [1.29, 1.82) is 0 Å². The first-order chi connectivity index (χ1) is 14.4. The van der Waals surface area contributed by atoms with Gasteiger partial charge in [0.15, 0.2) is 0 Å². The van der Waals surface area contributed by atoms with Gasteiger partial charge >= 0.3 is 0 Å². The number of carbonyl (C=O) groups is 3. The smallest absolute Gasteiger partial charge is 0.287 e. The minimum atomic E-state index is -1.16. The van der Waals surface area contributed by atoms with E-state index in [0.717, 1.165) is 5.56 Å². The van der Waals surface area contributed by atoms with E-state index in [1.807, 2.05) is 13.0 Å². The van der Waals surface area contributed by atoms with E-state index in [0.29, 0.717) is 6.54 Å². The lowest BCUT2D eigenvalue weighted by molar-refractivity contribution is -0.137. The molecule has 1 atom stereocenters. The number of rotatable bonds is 8. The molecule has 0 radical (unpaired) electrons. The molecular weight excluding hydrogens is 387 g/mol. The van der Waals surface area contributed by atoms with Gasteiger partial charge in [-0.05, 0) is 24.6 Å². The molecule has 3 N–H and O–H groups in total. The van der Waals surface area contributed by atoms with Crippen LogP contribution in [-0.2, 0) is 22.6 Å². The van der Waals surface area contributed by atoms with Crippen LogP contribution in [0.2, 0.25) is 0 Å². The number of amides is 2. The number of nitrogens with one attached hydrogen (secondary N) is 1. The van der Waals surface area contributed by atoms with Crippen LogP contribution in [0.1, 0.15) is 22.8 Å². The number of hydrogen-bond donors (Lipinski definition) is 2. The fourth-order valence-electron chi connectivity index (χ4n) is 3.07. The van der Waals surface area contributed by atoms with Crippen LogP contribution in [-0.4, -0.2) is 33.4 Å². The fraction of sp³-hybridized carbons (Fsp3) is 0.182. The number of nitrogens with zero attached hydrogens (tertiary/aromatic N) is 2. The second-order valence-corrected chi connectivity index (χ2v) is 6.67. The first-order valence-corrected chi connectivity index (χ1v) is 9.41. The molecule has 7 nitrogen and oxygen atoms in total. The van der Waals surface area contributed by atoms with Crippen molar-refractivity contribution < 1.29 is 18.8 Å². The summed E-state index contributed by atoms with van der Waals surface area (Å²) in [6.45, 7) is 2.29. The first kappa shape index (κ1) is 20.9. The predicted molar refractivity (Wildman–Crippen MR) is 109 cm³/mol. The molecule has 154 valence electrons. The summed E-state index contributed by atoms with van der Waals surface area (Å²) in [6.07, 6.45) is 1.57. The molecule has 2 amide bonds. The highest BCUT2D eigenvalue weighted by atomic mass is 19.1. The van der Waals surface area contributed by atoms with Crippen molar-refractivity contribution in [3.8, 4) is 11.3 Å². The third-order valence-electron chi connectivity index (χ3n) is 4.61. The molecule has 0 bridgehead atoms. The zero-order chi connectivity index (χ0) is 21.7. The SMILES string of the molecule is CCn1cc(C(=O)NC(Cc2ccccc2)C(=O)C(N)=O)c(-c2ccccc2F)n1. The number of aromatic nitrogens is 2. The summed E-state index contributed by atoms with van der Waals surface area (Å²) in [7, 11) is 0. The topological polar surface area (TPSA) is 107 Å². The number of nitrogens with two attached hydrogens (primary N) is 1. The van der Waals surface area contributed by atoms with Crippen LogP contribution in [0.25, 0.3) is 11.3 Å². The highest BCUT2D eigenvalue weighted by Gasteiger charge is 2.28. The Kier molecular flexibility index (Phi) is 6.36. The Hall–Kier alpha value is -3.81. The monoisotopic (exact) mass is 408 g/mol. The largest absolute Gasteiger partial charge is 0.363 e. The lowest BCUT2D eigenvalue weighted by Gasteiger charge is -2.16. The van der Waals surface area contributed by atoms with Gasteiger partial charge in [-0.3, -0.25) is 19.1 Å². The van der Waals surface area contributed by atoms with Crippen LogP contribution in [0, 0.1) is 5.82 Å². The van der Waals surface area contributed by atoms with Crippen molar-refractivity contribution in [2.75, 3.05) is 0 Å². The molecule has 0 aliphatic rings. The summed E-state index contributed by atoms with van der Waals surface area (Å²) >= 11 is 0. The number of benzene rings is 2. The van der Waals surface area contributed by atoms with Gasteiger partial charge in [0.05, 0.1) is 5.56 Å². The van der Waals surface area contributed by atoms with Gasteiger partial charge in [0.25, 0.3) is 11.8 Å². The van der Waals surface area contributed by atoms with Crippen LogP contribution >= 0.6 is 0 Å². The molecule has 0 aliphatic heterocycles. The zero-order valence-electron chi connectivity index (χ0n) is 16.3. The Labute approximate surface area is 172 Å². The van der Waals surface area contributed by atoms with E-state index in [1.165, 1.54) is 29.1 Å². The van der Waals surface area contributed by atoms with Gasteiger partial charge in [-0.15, -0.1) is 0 Å². The number of Topliss-reactive ketones (excluding diaryl/α,β-unsaturated/α-hetero) is 1. The highest BCUT2D eigenvalue weighted by molar-refractivity contribution is 6.38. The van der Waals surface area contributed by atoms with Crippen molar-refractivity contribution in [2.45, 2.75) is 25.9 Å². The molecule has 1 aromatic heterocycles. The molecular formula is C22H21FN4O3. The number of hydrogen-bond acceptors (Lipinski definition) is 4. The number of primary amides is 1. The van der Waals surface area contributed by atoms with Gasteiger partial charge in [0.2, 0.25) is 5.78 Å². The molecule has 3 rings (SSSR count). The molecule has 0 saturated heterocycles. The van der Waals surface area contributed by atoms with E-state index in [4.69, 9.17) is 5.73 Å². The summed E-state index contributed by atoms with van der Waals surface area (Å²) in [4.78, 5) is 36.8. The summed E-state index contributed by atoms with van der Waals surface area (Å²) in [5, 5.41) is 6.86. The normalized spacial score (nSPS) is 11.7. The second-order valence-electron chi connectivity index (χ2n) is 6.67. The van der Waals surface area contributed by atoms with Crippen LogP contribution < -0.4 is 11.1 Å². The minimum Gasteiger partial charge on any atom is -0.363 e. The minimum absolute atomic E-state index is 0.0886. The number of ketones is 1. The highest BCUT2D eigenvalue weighted by Crippen LogP contribution is 2.25. The maximum atomic E-state index is 14.3. The average molecular weight is 408 g/mol. The number of carbonyl (C=O) groups excluding carboxylic acids is 3. The van der Waals surface area contributed by atoms with Gasteiger partial charge in [0.1, 0.15) is 17.6 Å². The van der Waals surface area contributed by atoms with Crippen LogP contribution in [0.3, 0.4) is 0 Å². The molecule has 0 fully saturated rings. The van der Waals surface area contributed by atoms with E-state index >= 15 is 0 Å². The summed E-state index contributed by atoms with van der Waals surface area (Å²) < 4.78 is 15.8. The number of aryl methyl sites for hydroxylation is 1. The van der Waals surface area contributed by atoms with Crippen molar-refractivity contribution in [3.63, 3.8) is 0 Å². The number of halogens is 1. The molecule has 0 aliphatic carbocycles. The Balaban J connectivity index is 1.94. The quantitative estimate of drug-likeness (QED) is 0.557. The third-order valence-corrected chi connectivity index (χ3v) is 4.61. The molecule has 1 unspecified atom stereocenters. The molecule has 2 aromatic carbocycles. The molecule has 3 aromatic rings. The maximum Gasteiger partial charge on any atom is 0.287 e. The van der Waals surface area contributed by atoms with Crippen molar-refractivity contribution in [2.24, 2.45) is 5.73 Å². The standard InChI is InChI=1S/C22H21FN4O3/c1-2-27-13-16(19(26-27)15-10-6-7-11-17(15)23)22(30)25-18(20(28)21(24)29)12-14-8-4-3-5-9-14/h3-11,13,18H,2,12H2,1H3,(H2,24,29)(H,25,30). The van der Waals surface area contributed by atoms with E-state index in [1.54, 1.807) is 30.3 Å². The van der Waals surface area contributed by atoms with Crippen molar-refractivity contribution in [1.82, 2.24) is 15.1 Å². The van der Waals surface area contributed by atoms with Crippen molar-refractivity contribution >= 4 is 17.6 Å². The molecule has 30 heavy (non-hydrogen) atoms. The van der Waals surface area contributed by atoms with Gasteiger partial charge in [-0.25, -0.2) is 4.39 Å². The predicted octanol–water partition coefficient (Wildman–Crippen LogP) is 2.10. The first-order valence-electron chi connectivity index (χ1n) is 9.41. The average Bonchev–Trinajstić information content (AvgIpc) is 3.18. The maximum absolute atomic E-state index is 14.3. The Bertz CT molecular complexity index is 1080. The Morgan fingerprint density at radius 2 is 1.77 bits per heavy atom. The Morgan fingerprint density at radius 3 is 2.40 bits per heavy atom. The van der Waals surface area contributed by atoms with Gasteiger partial charge < -0.3 is 11.1 Å².